The number of hydrogen-bond donors (Lipinski definition) is 1. The predicted octanol–water partition coefficient (Wildman–Crippen LogP) is 1.59. The lowest BCUT2D eigenvalue weighted by Crippen LogP contribution is -2.33. The monoisotopic (exact) mass is 233 g/mol. The molecule has 1 rings (SSSR count). The minimum absolute atomic E-state index is 0.349. The van der Waals surface area contributed by atoms with Crippen molar-refractivity contribution >= 4 is 9.84 Å². The molecule has 1 aliphatic rings. The van der Waals surface area contributed by atoms with Gasteiger partial charge in [0.25, 0.3) is 0 Å². The van der Waals surface area contributed by atoms with Crippen LogP contribution in [-0.2, 0) is 9.84 Å². The molecule has 90 valence electrons. The molecule has 1 fully saturated rings. The Morgan fingerprint density at radius 2 is 2.07 bits per heavy atom. The second-order valence-corrected chi connectivity index (χ2v) is 6.93. The van der Waals surface area contributed by atoms with Crippen LogP contribution < -0.4 is 5.32 Å². The molecule has 0 heterocycles. The molecule has 1 N–H and O–H groups in total. The maximum atomic E-state index is 11.1. The van der Waals surface area contributed by atoms with Crippen LogP contribution in [0.4, 0.5) is 0 Å². The first-order valence-electron chi connectivity index (χ1n) is 5.94. The van der Waals surface area contributed by atoms with Crippen molar-refractivity contribution in [3.05, 3.63) is 0 Å². The smallest absolute Gasteiger partial charge is 0.147 e. The van der Waals surface area contributed by atoms with Crippen LogP contribution in [0.15, 0.2) is 0 Å². The molecule has 0 spiro atoms. The lowest BCUT2D eigenvalue weighted by atomic mass is 10.0. The Hall–Kier alpha value is -0.0900. The zero-order chi connectivity index (χ0) is 11.3. The molecule has 0 aromatic rings. The van der Waals surface area contributed by atoms with Gasteiger partial charge in [-0.15, -0.1) is 0 Å². The van der Waals surface area contributed by atoms with Crippen molar-refractivity contribution in [2.45, 2.75) is 45.1 Å². The van der Waals surface area contributed by atoms with E-state index in [2.05, 4.69) is 12.2 Å². The van der Waals surface area contributed by atoms with Gasteiger partial charge in [0.05, 0.1) is 5.75 Å². The summed E-state index contributed by atoms with van der Waals surface area (Å²) in [4.78, 5) is 0. The second-order valence-electron chi connectivity index (χ2n) is 4.67. The van der Waals surface area contributed by atoms with Gasteiger partial charge in [-0.25, -0.2) is 8.42 Å². The van der Waals surface area contributed by atoms with Gasteiger partial charge in [-0.2, -0.15) is 0 Å². The van der Waals surface area contributed by atoms with Gasteiger partial charge >= 0.3 is 0 Å². The maximum Gasteiger partial charge on any atom is 0.147 e. The van der Waals surface area contributed by atoms with E-state index >= 15 is 0 Å². The van der Waals surface area contributed by atoms with Crippen LogP contribution >= 0.6 is 0 Å². The number of nitrogens with one attached hydrogen (secondary N) is 1. The van der Waals surface area contributed by atoms with E-state index in [9.17, 15) is 8.42 Å². The van der Waals surface area contributed by atoms with Gasteiger partial charge in [0, 0.05) is 12.3 Å². The van der Waals surface area contributed by atoms with E-state index in [1.807, 2.05) is 0 Å². The number of rotatable bonds is 6. The van der Waals surface area contributed by atoms with Crippen molar-refractivity contribution in [2.75, 3.05) is 18.6 Å². The summed E-state index contributed by atoms with van der Waals surface area (Å²) in [5.74, 6) is 0.924. The van der Waals surface area contributed by atoms with Crippen LogP contribution in [0.2, 0.25) is 0 Å². The molecule has 0 bridgehead atoms. The van der Waals surface area contributed by atoms with Crippen LogP contribution in [-0.4, -0.2) is 33.0 Å². The van der Waals surface area contributed by atoms with E-state index in [4.69, 9.17) is 0 Å². The van der Waals surface area contributed by atoms with Crippen molar-refractivity contribution in [3.8, 4) is 0 Å². The Balaban J connectivity index is 2.33. The largest absolute Gasteiger partial charge is 0.314 e. The van der Waals surface area contributed by atoms with Gasteiger partial charge in [-0.3, -0.25) is 0 Å². The van der Waals surface area contributed by atoms with Gasteiger partial charge in [0.2, 0.25) is 0 Å². The Labute approximate surface area is 93.6 Å². The summed E-state index contributed by atoms with van der Waals surface area (Å²) >= 11 is 0. The molecule has 2 unspecified atom stereocenters. The summed E-state index contributed by atoms with van der Waals surface area (Å²) < 4.78 is 22.2. The number of sulfone groups is 1. The summed E-state index contributed by atoms with van der Waals surface area (Å²) in [7, 11) is -2.78. The standard InChI is InChI=1S/C11H23NO2S/c1-3-8-12-11-6-4-5-10(11)7-9-15(2,13)14/h10-12H,3-9H2,1-2H3. The fraction of sp³-hybridized carbons (Fsp3) is 1.00. The van der Waals surface area contributed by atoms with E-state index in [1.165, 1.54) is 25.5 Å². The fourth-order valence-corrected chi connectivity index (χ4v) is 3.08. The minimum atomic E-state index is -2.78. The summed E-state index contributed by atoms with van der Waals surface area (Å²) in [5.41, 5.74) is 0. The van der Waals surface area contributed by atoms with E-state index in [0.717, 1.165) is 19.4 Å². The predicted molar refractivity (Wildman–Crippen MR) is 63.8 cm³/mol. The van der Waals surface area contributed by atoms with E-state index in [1.54, 1.807) is 0 Å². The summed E-state index contributed by atoms with van der Waals surface area (Å²) in [6.07, 6.45) is 6.97. The van der Waals surface area contributed by atoms with Crippen molar-refractivity contribution < 1.29 is 8.42 Å². The van der Waals surface area contributed by atoms with Gasteiger partial charge in [-0.1, -0.05) is 13.3 Å². The molecule has 0 aliphatic heterocycles. The lowest BCUT2D eigenvalue weighted by molar-refractivity contribution is 0.391. The number of hydrogen-bond acceptors (Lipinski definition) is 3. The molecule has 0 saturated heterocycles. The SMILES string of the molecule is CCCNC1CCCC1CCS(C)(=O)=O. The molecule has 1 saturated carbocycles. The fourth-order valence-electron chi connectivity index (χ4n) is 2.35. The average molecular weight is 233 g/mol. The van der Waals surface area contributed by atoms with E-state index < -0.39 is 9.84 Å². The van der Waals surface area contributed by atoms with Gasteiger partial charge in [0.1, 0.15) is 9.84 Å². The molecule has 15 heavy (non-hydrogen) atoms. The molecule has 2 atom stereocenters. The van der Waals surface area contributed by atoms with Gasteiger partial charge in [0.15, 0.2) is 0 Å². The molecular weight excluding hydrogens is 210 g/mol. The highest BCUT2D eigenvalue weighted by Gasteiger charge is 2.26. The van der Waals surface area contributed by atoms with Gasteiger partial charge < -0.3 is 5.32 Å². The lowest BCUT2D eigenvalue weighted by Gasteiger charge is -2.20. The molecule has 1 aliphatic carbocycles. The molecule has 3 nitrogen and oxygen atoms in total. The molecule has 0 aromatic carbocycles. The van der Waals surface area contributed by atoms with Crippen LogP contribution in [0.1, 0.15) is 39.0 Å². The van der Waals surface area contributed by atoms with Gasteiger partial charge in [-0.05, 0) is 38.1 Å². The van der Waals surface area contributed by atoms with Crippen LogP contribution in [0, 0.1) is 5.92 Å². The highest BCUT2D eigenvalue weighted by Crippen LogP contribution is 2.28. The first-order chi connectivity index (χ1) is 7.03. The third-order valence-electron chi connectivity index (χ3n) is 3.18. The second kappa shape index (κ2) is 5.85. The molecule has 4 heteroatoms. The Morgan fingerprint density at radius 3 is 2.67 bits per heavy atom. The third kappa shape index (κ3) is 4.98. The quantitative estimate of drug-likeness (QED) is 0.758. The zero-order valence-electron chi connectivity index (χ0n) is 9.83. The molecule has 0 radical (unpaired) electrons. The molecular formula is C11H23NO2S. The Bertz CT molecular complexity index is 274. The summed E-state index contributed by atoms with van der Waals surface area (Å²) in [6, 6.07) is 0.562. The van der Waals surface area contributed by atoms with E-state index in [0.29, 0.717) is 17.7 Å². The highest BCUT2D eigenvalue weighted by molar-refractivity contribution is 7.90. The third-order valence-corrected chi connectivity index (χ3v) is 4.15. The molecule has 0 aromatic heterocycles. The highest BCUT2D eigenvalue weighted by atomic mass is 32.2. The van der Waals surface area contributed by atoms with Crippen LogP contribution in [0.5, 0.6) is 0 Å². The van der Waals surface area contributed by atoms with Crippen molar-refractivity contribution in [3.63, 3.8) is 0 Å². The summed E-state index contributed by atoms with van der Waals surface area (Å²) in [5, 5.41) is 3.52. The molecule has 0 amide bonds. The van der Waals surface area contributed by atoms with Crippen LogP contribution in [0.25, 0.3) is 0 Å². The summed E-state index contributed by atoms with van der Waals surface area (Å²) in [6.45, 7) is 3.22. The van der Waals surface area contributed by atoms with Crippen molar-refractivity contribution in [1.29, 1.82) is 0 Å². The maximum absolute atomic E-state index is 11.1. The average Bonchev–Trinajstić information content (AvgIpc) is 2.57. The van der Waals surface area contributed by atoms with E-state index in [-0.39, 0.29) is 0 Å². The topological polar surface area (TPSA) is 46.2 Å². The zero-order valence-corrected chi connectivity index (χ0v) is 10.6. The minimum Gasteiger partial charge on any atom is -0.314 e. The van der Waals surface area contributed by atoms with Crippen molar-refractivity contribution in [2.24, 2.45) is 5.92 Å². The first kappa shape index (κ1) is 13.0. The Morgan fingerprint density at radius 1 is 1.33 bits per heavy atom. The van der Waals surface area contributed by atoms with Crippen molar-refractivity contribution in [1.82, 2.24) is 5.32 Å². The first-order valence-corrected chi connectivity index (χ1v) is 8.00. The Kier molecular flexibility index (Phi) is 5.06. The normalized spacial score (nSPS) is 27.1. The van der Waals surface area contributed by atoms with Crippen LogP contribution in [0.3, 0.4) is 0 Å².